The number of hydrogen-bond donors (Lipinski definition) is 1. The van der Waals surface area contributed by atoms with E-state index in [0.717, 1.165) is 10.7 Å². The lowest BCUT2D eigenvalue weighted by atomic mass is 10.1. The van der Waals surface area contributed by atoms with E-state index in [9.17, 15) is 13.2 Å². The summed E-state index contributed by atoms with van der Waals surface area (Å²) in [6, 6.07) is 14.5. The Labute approximate surface area is 153 Å². The van der Waals surface area contributed by atoms with Gasteiger partial charge in [-0.3, -0.25) is 4.79 Å². The van der Waals surface area contributed by atoms with Crippen LogP contribution in [0.3, 0.4) is 0 Å². The van der Waals surface area contributed by atoms with E-state index in [-0.39, 0.29) is 22.6 Å². The summed E-state index contributed by atoms with van der Waals surface area (Å²) < 4.78 is 31.2. The molecule has 138 valence electrons. The monoisotopic (exact) mass is 374 g/mol. The molecule has 1 fully saturated rings. The summed E-state index contributed by atoms with van der Waals surface area (Å²) in [5.74, 6) is 0.235. The highest BCUT2D eigenvalue weighted by Gasteiger charge is 2.39. The summed E-state index contributed by atoms with van der Waals surface area (Å²) in [7, 11) is 0.569. The van der Waals surface area contributed by atoms with Gasteiger partial charge in [0.15, 0.2) is 0 Å². The van der Waals surface area contributed by atoms with Gasteiger partial charge in [0, 0.05) is 31.6 Å². The molecule has 0 heterocycles. The quantitative estimate of drug-likeness (QED) is 0.841. The smallest absolute Gasteiger partial charge is 0.251 e. The number of methoxy groups -OCH3 is 1. The Morgan fingerprint density at radius 1 is 1.15 bits per heavy atom. The second-order valence-electron chi connectivity index (χ2n) is 6.49. The van der Waals surface area contributed by atoms with Crippen LogP contribution in [0.4, 0.5) is 0 Å². The Kier molecular flexibility index (Phi) is 5.02. The summed E-state index contributed by atoms with van der Waals surface area (Å²) in [4.78, 5) is 12.5. The molecule has 7 heteroatoms. The van der Waals surface area contributed by atoms with Crippen LogP contribution in [0.2, 0.25) is 0 Å². The van der Waals surface area contributed by atoms with E-state index in [2.05, 4.69) is 5.32 Å². The van der Waals surface area contributed by atoms with E-state index in [1.54, 1.807) is 6.07 Å². The number of benzene rings is 2. The van der Waals surface area contributed by atoms with E-state index in [4.69, 9.17) is 4.74 Å². The predicted octanol–water partition coefficient (Wildman–Crippen LogP) is 2.23. The molecule has 3 rings (SSSR count). The summed E-state index contributed by atoms with van der Waals surface area (Å²) in [5.41, 5.74) is 1.49. The van der Waals surface area contributed by atoms with Crippen molar-refractivity contribution >= 4 is 15.9 Å². The van der Waals surface area contributed by atoms with Crippen LogP contribution >= 0.6 is 0 Å². The van der Waals surface area contributed by atoms with Gasteiger partial charge < -0.3 is 10.1 Å². The molecule has 0 unspecified atom stereocenters. The van der Waals surface area contributed by atoms with Crippen molar-refractivity contribution in [2.24, 2.45) is 0 Å². The number of nitrogens with one attached hydrogen (secondary N) is 1. The highest BCUT2D eigenvalue weighted by atomic mass is 32.2. The van der Waals surface area contributed by atoms with Gasteiger partial charge in [-0.05, 0) is 30.2 Å². The Hall–Kier alpha value is -2.38. The maximum absolute atomic E-state index is 12.6. The summed E-state index contributed by atoms with van der Waals surface area (Å²) in [6.45, 7) is 0. The first-order valence-corrected chi connectivity index (χ1v) is 9.75. The molecule has 1 aliphatic rings. The molecule has 26 heavy (non-hydrogen) atoms. The molecular formula is C19H22N2O4S. The number of carbonyl (C=O) groups is 1. The zero-order valence-electron chi connectivity index (χ0n) is 15.0. The Morgan fingerprint density at radius 3 is 2.46 bits per heavy atom. The van der Waals surface area contributed by atoms with E-state index in [1.165, 1.54) is 38.9 Å². The Balaban J connectivity index is 1.79. The highest BCUT2D eigenvalue weighted by Crippen LogP contribution is 2.40. The minimum absolute atomic E-state index is 0.0203. The first-order chi connectivity index (χ1) is 12.3. The largest absolute Gasteiger partial charge is 0.495 e. The number of sulfonamides is 1. The van der Waals surface area contributed by atoms with Crippen LogP contribution in [-0.2, 0) is 10.0 Å². The average molecular weight is 374 g/mol. The van der Waals surface area contributed by atoms with Gasteiger partial charge in [-0.15, -0.1) is 0 Å². The number of nitrogens with zero attached hydrogens (tertiary/aromatic N) is 1. The summed E-state index contributed by atoms with van der Waals surface area (Å²) in [6.07, 6.45) is 0.884. The van der Waals surface area contributed by atoms with Gasteiger partial charge in [-0.25, -0.2) is 12.7 Å². The molecule has 0 aliphatic heterocycles. The third-order valence-electron chi connectivity index (χ3n) is 4.52. The van der Waals surface area contributed by atoms with Crippen LogP contribution in [0.25, 0.3) is 0 Å². The van der Waals surface area contributed by atoms with Crippen LogP contribution in [0.5, 0.6) is 5.75 Å². The minimum Gasteiger partial charge on any atom is -0.495 e. The maximum Gasteiger partial charge on any atom is 0.251 e. The second kappa shape index (κ2) is 7.09. The normalized spacial score (nSPS) is 19.2. The Morgan fingerprint density at radius 2 is 1.85 bits per heavy atom. The average Bonchev–Trinajstić information content (AvgIpc) is 3.40. The summed E-state index contributed by atoms with van der Waals surface area (Å²) >= 11 is 0. The van der Waals surface area contributed by atoms with Gasteiger partial charge in [-0.1, -0.05) is 30.3 Å². The van der Waals surface area contributed by atoms with Gasteiger partial charge >= 0.3 is 0 Å². The molecule has 0 aromatic heterocycles. The second-order valence-corrected chi connectivity index (χ2v) is 8.61. The molecule has 0 bridgehead atoms. The van der Waals surface area contributed by atoms with Gasteiger partial charge in [0.05, 0.1) is 7.11 Å². The molecule has 2 aromatic carbocycles. The lowest BCUT2D eigenvalue weighted by Crippen LogP contribution is -2.27. The van der Waals surface area contributed by atoms with Gasteiger partial charge in [0.25, 0.3) is 5.91 Å². The molecule has 6 nitrogen and oxygen atoms in total. The molecule has 1 N–H and O–H groups in total. The fraction of sp³-hybridized carbons (Fsp3) is 0.316. The molecule has 1 saturated carbocycles. The van der Waals surface area contributed by atoms with Gasteiger partial charge in [0.2, 0.25) is 10.0 Å². The number of rotatable bonds is 6. The predicted molar refractivity (Wildman–Crippen MR) is 98.9 cm³/mol. The van der Waals surface area contributed by atoms with E-state index in [1.807, 2.05) is 30.3 Å². The molecule has 1 amide bonds. The van der Waals surface area contributed by atoms with Crippen molar-refractivity contribution < 1.29 is 17.9 Å². The zero-order chi connectivity index (χ0) is 18.9. The van der Waals surface area contributed by atoms with E-state index in [0.29, 0.717) is 11.5 Å². The standard InChI is InChI=1S/C19H22N2O4S/c1-21(2)26(23,24)18-11-14(9-10-17(18)25-3)19(22)20-16-12-15(16)13-7-5-4-6-8-13/h4-11,15-16H,12H2,1-3H3,(H,20,22)/t15-,16-/m1/s1. The van der Waals surface area contributed by atoms with Crippen LogP contribution in [0, 0.1) is 0 Å². The highest BCUT2D eigenvalue weighted by molar-refractivity contribution is 7.89. The van der Waals surface area contributed by atoms with Crippen molar-refractivity contribution in [1.29, 1.82) is 0 Å². The molecule has 2 aromatic rings. The van der Waals surface area contributed by atoms with Crippen LogP contribution in [0.1, 0.15) is 28.3 Å². The minimum atomic E-state index is -3.71. The number of amides is 1. The SMILES string of the molecule is COc1ccc(C(=O)N[C@@H]2C[C@@H]2c2ccccc2)cc1S(=O)(=O)N(C)C. The van der Waals surface area contributed by atoms with Crippen molar-refractivity contribution in [3.05, 3.63) is 59.7 Å². The lowest BCUT2D eigenvalue weighted by molar-refractivity contribution is 0.0950. The van der Waals surface area contributed by atoms with Crippen LogP contribution in [-0.4, -0.2) is 45.9 Å². The van der Waals surface area contributed by atoms with Crippen molar-refractivity contribution in [2.45, 2.75) is 23.3 Å². The van der Waals surface area contributed by atoms with Gasteiger partial charge in [0.1, 0.15) is 10.6 Å². The third-order valence-corrected chi connectivity index (χ3v) is 6.36. The van der Waals surface area contributed by atoms with Crippen molar-refractivity contribution in [2.75, 3.05) is 21.2 Å². The third kappa shape index (κ3) is 3.59. The van der Waals surface area contributed by atoms with Gasteiger partial charge in [-0.2, -0.15) is 0 Å². The molecule has 0 saturated heterocycles. The number of ether oxygens (including phenoxy) is 1. The van der Waals surface area contributed by atoms with Crippen molar-refractivity contribution in [3.63, 3.8) is 0 Å². The lowest BCUT2D eigenvalue weighted by Gasteiger charge is -2.15. The zero-order valence-corrected chi connectivity index (χ0v) is 15.8. The summed E-state index contributed by atoms with van der Waals surface area (Å²) in [5, 5.41) is 2.98. The fourth-order valence-electron chi connectivity index (χ4n) is 2.89. The fourth-order valence-corrected chi connectivity index (χ4v) is 3.97. The molecule has 2 atom stereocenters. The molecule has 1 aliphatic carbocycles. The molecule has 0 radical (unpaired) electrons. The molecule has 0 spiro atoms. The topological polar surface area (TPSA) is 75.7 Å². The molecular weight excluding hydrogens is 352 g/mol. The van der Waals surface area contributed by atoms with Crippen molar-refractivity contribution in [3.8, 4) is 5.75 Å². The Bertz CT molecular complexity index is 910. The van der Waals surface area contributed by atoms with E-state index >= 15 is 0 Å². The first-order valence-electron chi connectivity index (χ1n) is 8.31. The van der Waals surface area contributed by atoms with E-state index < -0.39 is 10.0 Å². The number of hydrogen-bond acceptors (Lipinski definition) is 4. The maximum atomic E-state index is 12.6. The van der Waals surface area contributed by atoms with Crippen LogP contribution < -0.4 is 10.1 Å². The van der Waals surface area contributed by atoms with Crippen LogP contribution in [0.15, 0.2) is 53.4 Å². The first kappa shape index (κ1) is 18.4. The van der Waals surface area contributed by atoms with Crippen molar-refractivity contribution in [1.82, 2.24) is 9.62 Å². The number of carbonyl (C=O) groups excluding carboxylic acids is 1.